The number of nitrogens with one attached hydrogen (secondary N) is 1. The Hall–Kier alpha value is -1.43. The zero-order valence-corrected chi connectivity index (χ0v) is 16.4. The van der Waals surface area contributed by atoms with Crippen LogP contribution in [0, 0.1) is 0 Å². The predicted molar refractivity (Wildman–Crippen MR) is 103 cm³/mol. The number of hydrogen-bond acceptors (Lipinski definition) is 2. The lowest BCUT2D eigenvalue weighted by Crippen LogP contribution is -2.63. The summed E-state index contributed by atoms with van der Waals surface area (Å²) >= 11 is 0. The van der Waals surface area contributed by atoms with Crippen molar-refractivity contribution in [3.8, 4) is 0 Å². The molecular weight excluding hydrogens is 320 g/mol. The van der Waals surface area contributed by atoms with E-state index in [1.807, 2.05) is 36.4 Å². The van der Waals surface area contributed by atoms with Gasteiger partial charge in [-0.2, -0.15) is 0 Å². The third-order valence-corrected chi connectivity index (χ3v) is 11.9. The number of nitrogens with zero attached hydrogens (tertiary/aromatic N) is 1. The predicted octanol–water partition coefficient (Wildman–Crippen LogP) is 2.78. The average Bonchev–Trinajstić information content (AvgIpc) is 2.53. The minimum Gasteiger partial charge on any atom is -0.253 e. The molecule has 0 fully saturated rings. The molecule has 3 nitrogen and oxygen atoms in total. The monoisotopic (exact) mass is 346 g/mol. The van der Waals surface area contributed by atoms with Gasteiger partial charge in [-0.25, -0.2) is 8.93 Å². The van der Waals surface area contributed by atoms with Crippen molar-refractivity contribution in [2.75, 3.05) is 13.3 Å². The summed E-state index contributed by atoms with van der Waals surface area (Å²) in [6, 6.07) is 20.7. The van der Waals surface area contributed by atoms with Crippen molar-refractivity contribution in [1.82, 2.24) is 4.72 Å². The molecule has 2 aromatic rings. The maximum Gasteiger partial charge on any atom is 0.261 e. The van der Waals surface area contributed by atoms with Gasteiger partial charge in [0.25, 0.3) is 8.24 Å². The van der Waals surface area contributed by atoms with Gasteiger partial charge in [0.1, 0.15) is 0 Å². The molecule has 1 N–H and O–H groups in total. The SMILES string of the molecule is CNS(C)(=O)=N[Si](c1ccccc1)(c1ccccc1)C(C)(C)C. The highest BCUT2D eigenvalue weighted by molar-refractivity contribution is 7.92. The van der Waals surface area contributed by atoms with Crippen LogP contribution < -0.4 is 15.1 Å². The number of rotatable bonds is 4. The van der Waals surface area contributed by atoms with Crippen LogP contribution in [0.4, 0.5) is 0 Å². The first-order chi connectivity index (χ1) is 10.7. The van der Waals surface area contributed by atoms with Gasteiger partial charge in [-0.05, 0) is 22.5 Å². The normalized spacial score (nSPS) is 15.0. The van der Waals surface area contributed by atoms with Gasteiger partial charge in [0.2, 0.25) is 0 Å². The highest BCUT2D eigenvalue weighted by Gasteiger charge is 2.49. The lowest BCUT2D eigenvalue weighted by molar-refractivity contribution is 0.674. The van der Waals surface area contributed by atoms with Crippen molar-refractivity contribution in [2.45, 2.75) is 25.8 Å². The topological polar surface area (TPSA) is 41.5 Å². The van der Waals surface area contributed by atoms with Crippen LogP contribution in [0.2, 0.25) is 5.04 Å². The summed E-state index contributed by atoms with van der Waals surface area (Å²) in [7, 11) is -3.38. The van der Waals surface area contributed by atoms with Crippen LogP contribution in [-0.4, -0.2) is 25.7 Å². The van der Waals surface area contributed by atoms with E-state index >= 15 is 0 Å². The van der Waals surface area contributed by atoms with Gasteiger partial charge in [-0.1, -0.05) is 81.4 Å². The summed E-state index contributed by atoms with van der Waals surface area (Å²) in [5.74, 6) is 0. The standard InChI is InChI=1S/C18H26N2OSSi/c1-18(2,3)23(20-22(5,21)19-4,16-12-8-6-9-13-16)17-14-10-7-11-15-17/h6-15H,1-5H3,(H,19,20,21). The van der Waals surface area contributed by atoms with Gasteiger partial charge in [0.05, 0.1) is 9.92 Å². The molecule has 1 unspecified atom stereocenters. The molecule has 5 heteroatoms. The van der Waals surface area contributed by atoms with Crippen LogP contribution in [0.3, 0.4) is 0 Å². The number of hydrogen-bond donors (Lipinski definition) is 1. The first kappa shape index (κ1) is 17.9. The molecule has 0 saturated carbocycles. The highest BCUT2D eigenvalue weighted by atomic mass is 32.2. The lowest BCUT2D eigenvalue weighted by Gasteiger charge is -2.40. The van der Waals surface area contributed by atoms with E-state index in [0.717, 1.165) is 0 Å². The zero-order chi connectivity index (χ0) is 17.1. The first-order valence-electron chi connectivity index (χ1n) is 7.76. The molecule has 0 aliphatic rings. The molecule has 2 aromatic carbocycles. The fraction of sp³-hybridized carbons (Fsp3) is 0.333. The van der Waals surface area contributed by atoms with Gasteiger partial charge in [-0.15, -0.1) is 0 Å². The Morgan fingerprint density at radius 1 is 0.913 bits per heavy atom. The van der Waals surface area contributed by atoms with E-state index < -0.39 is 18.2 Å². The Labute approximate surface area is 141 Å². The van der Waals surface area contributed by atoms with Crippen LogP contribution >= 0.6 is 0 Å². The maximum atomic E-state index is 12.9. The molecular formula is C18H26N2OSSi. The summed E-state index contributed by atoms with van der Waals surface area (Å²) in [5.41, 5.74) is 0. The average molecular weight is 347 g/mol. The quantitative estimate of drug-likeness (QED) is 0.850. The van der Waals surface area contributed by atoms with Crippen molar-refractivity contribution in [2.24, 2.45) is 4.03 Å². The summed E-state index contributed by atoms with van der Waals surface area (Å²) in [5, 5.41) is 2.25. The van der Waals surface area contributed by atoms with Crippen molar-refractivity contribution in [1.29, 1.82) is 0 Å². The van der Waals surface area contributed by atoms with E-state index in [2.05, 4.69) is 49.8 Å². The fourth-order valence-corrected chi connectivity index (χ4v) is 10.8. The van der Waals surface area contributed by atoms with Crippen LogP contribution in [-0.2, 0) is 9.92 Å². The summed E-state index contributed by atoms with van der Waals surface area (Å²) < 4.78 is 20.9. The van der Waals surface area contributed by atoms with E-state index in [-0.39, 0.29) is 5.04 Å². The highest BCUT2D eigenvalue weighted by Crippen LogP contribution is 2.37. The van der Waals surface area contributed by atoms with Gasteiger partial charge < -0.3 is 0 Å². The molecule has 0 heterocycles. The van der Waals surface area contributed by atoms with Gasteiger partial charge in [-0.3, -0.25) is 4.03 Å². The molecule has 0 amide bonds. The largest absolute Gasteiger partial charge is 0.261 e. The van der Waals surface area contributed by atoms with Crippen molar-refractivity contribution >= 4 is 28.5 Å². The Morgan fingerprint density at radius 3 is 1.61 bits per heavy atom. The molecule has 0 radical (unpaired) electrons. The van der Waals surface area contributed by atoms with E-state index in [1.165, 1.54) is 10.4 Å². The van der Waals surface area contributed by atoms with Crippen molar-refractivity contribution < 1.29 is 4.21 Å². The molecule has 0 aromatic heterocycles. The van der Waals surface area contributed by atoms with Gasteiger partial charge in [0.15, 0.2) is 0 Å². The summed E-state index contributed by atoms with van der Waals surface area (Å²) in [6.07, 6.45) is 1.69. The van der Waals surface area contributed by atoms with Crippen molar-refractivity contribution in [3.05, 3.63) is 60.7 Å². The van der Waals surface area contributed by atoms with Gasteiger partial charge in [0, 0.05) is 6.26 Å². The summed E-state index contributed by atoms with van der Waals surface area (Å²) in [4.78, 5) is 0. The van der Waals surface area contributed by atoms with E-state index in [9.17, 15) is 4.21 Å². The molecule has 0 aliphatic heterocycles. The second kappa shape index (κ2) is 6.59. The van der Waals surface area contributed by atoms with Crippen LogP contribution in [0.25, 0.3) is 0 Å². The minimum atomic E-state index is -2.62. The fourth-order valence-electron chi connectivity index (χ4n) is 2.94. The Balaban J connectivity index is 2.93. The lowest BCUT2D eigenvalue weighted by atomic mass is 10.2. The molecule has 23 heavy (non-hydrogen) atoms. The third-order valence-electron chi connectivity index (χ3n) is 4.16. The number of benzene rings is 2. The minimum absolute atomic E-state index is 0.120. The Kier molecular flexibility index (Phi) is 5.13. The second-order valence-corrected chi connectivity index (χ2v) is 13.6. The van der Waals surface area contributed by atoms with Crippen LogP contribution in [0.1, 0.15) is 20.8 Å². The smallest absolute Gasteiger partial charge is 0.253 e. The molecule has 0 bridgehead atoms. The second-order valence-electron chi connectivity index (χ2n) is 6.79. The van der Waals surface area contributed by atoms with E-state index in [0.29, 0.717) is 0 Å². The zero-order valence-electron chi connectivity index (χ0n) is 14.5. The Bertz CT molecular complexity index is 721. The Morgan fingerprint density at radius 2 is 1.30 bits per heavy atom. The molecule has 0 aliphatic carbocycles. The molecule has 2 rings (SSSR count). The molecule has 1 atom stereocenters. The van der Waals surface area contributed by atoms with Crippen LogP contribution in [0.15, 0.2) is 64.7 Å². The van der Waals surface area contributed by atoms with Crippen LogP contribution in [0.5, 0.6) is 0 Å². The molecule has 0 spiro atoms. The van der Waals surface area contributed by atoms with E-state index in [1.54, 1.807) is 13.3 Å². The molecule has 124 valence electrons. The third kappa shape index (κ3) is 3.57. The maximum absolute atomic E-state index is 12.9. The molecule has 0 saturated heterocycles. The summed E-state index contributed by atoms with van der Waals surface area (Å²) in [6.45, 7) is 6.61. The first-order valence-corrected chi connectivity index (χ1v) is 11.6. The van der Waals surface area contributed by atoms with Crippen molar-refractivity contribution in [3.63, 3.8) is 0 Å². The van der Waals surface area contributed by atoms with Gasteiger partial charge >= 0.3 is 0 Å². The van der Waals surface area contributed by atoms with E-state index in [4.69, 9.17) is 4.03 Å².